The summed E-state index contributed by atoms with van der Waals surface area (Å²) >= 11 is 0. The van der Waals surface area contributed by atoms with E-state index < -0.39 is 12.0 Å². The summed E-state index contributed by atoms with van der Waals surface area (Å²) in [6, 6.07) is 6.39. The predicted molar refractivity (Wildman–Crippen MR) is 114 cm³/mol. The normalized spacial score (nSPS) is 16.7. The first-order chi connectivity index (χ1) is 14.3. The van der Waals surface area contributed by atoms with E-state index in [4.69, 9.17) is 9.47 Å². The van der Waals surface area contributed by atoms with Crippen molar-refractivity contribution in [2.75, 3.05) is 38.2 Å². The van der Waals surface area contributed by atoms with Gasteiger partial charge in [-0.15, -0.1) is 0 Å². The van der Waals surface area contributed by atoms with E-state index >= 15 is 0 Å². The van der Waals surface area contributed by atoms with Gasteiger partial charge in [-0.3, -0.25) is 19.3 Å². The molecule has 1 atom stereocenters. The van der Waals surface area contributed by atoms with Crippen molar-refractivity contribution in [3.63, 3.8) is 0 Å². The van der Waals surface area contributed by atoms with E-state index in [1.165, 1.54) is 0 Å². The van der Waals surface area contributed by atoms with Gasteiger partial charge in [0.15, 0.2) is 0 Å². The molecule has 0 bridgehead atoms. The summed E-state index contributed by atoms with van der Waals surface area (Å²) in [5.74, 6) is -0.269. The quantitative estimate of drug-likeness (QED) is 0.446. The molecule has 0 aromatic heterocycles. The number of amides is 2. The zero-order valence-electron chi connectivity index (χ0n) is 17.9. The van der Waals surface area contributed by atoms with E-state index in [-0.39, 0.29) is 30.7 Å². The Bertz CT molecular complexity index is 778. The zero-order chi connectivity index (χ0) is 22.1. The highest BCUT2D eigenvalue weighted by atomic mass is 16.5. The second kappa shape index (κ2) is 11.3. The van der Waals surface area contributed by atoms with E-state index in [1.807, 2.05) is 26.8 Å². The van der Waals surface area contributed by atoms with E-state index in [2.05, 4.69) is 17.2 Å². The number of para-hydroxylation sites is 2. The van der Waals surface area contributed by atoms with E-state index in [9.17, 15) is 14.4 Å². The van der Waals surface area contributed by atoms with Crippen LogP contribution in [0.1, 0.15) is 27.2 Å². The second-order valence-electron chi connectivity index (χ2n) is 7.85. The Hall–Kier alpha value is -2.87. The third-order valence-electron chi connectivity index (χ3n) is 4.36. The first-order valence-corrected chi connectivity index (χ1v) is 10.1. The van der Waals surface area contributed by atoms with Crippen LogP contribution in [0.5, 0.6) is 5.75 Å². The van der Waals surface area contributed by atoms with Gasteiger partial charge >= 0.3 is 5.97 Å². The van der Waals surface area contributed by atoms with Gasteiger partial charge in [-0.25, -0.2) is 0 Å². The number of hydrogen-bond donors (Lipinski definition) is 2. The van der Waals surface area contributed by atoms with Crippen LogP contribution in [0, 0.1) is 5.92 Å². The average molecular weight is 418 g/mol. The van der Waals surface area contributed by atoms with Crippen molar-refractivity contribution in [2.45, 2.75) is 33.2 Å². The van der Waals surface area contributed by atoms with Crippen LogP contribution in [0.15, 0.2) is 36.4 Å². The van der Waals surface area contributed by atoms with Crippen molar-refractivity contribution in [1.82, 2.24) is 10.2 Å². The maximum Gasteiger partial charge on any atom is 0.307 e. The Balaban J connectivity index is 1.99. The highest BCUT2D eigenvalue weighted by Crippen LogP contribution is 2.24. The average Bonchev–Trinajstić information content (AvgIpc) is 2.68. The summed E-state index contributed by atoms with van der Waals surface area (Å²) in [6.45, 7) is 11.1. The lowest BCUT2D eigenvalue weighted by Gasteiger charge is -2.34. The van der Waals surface area contributed by atoms with Gasteiger partial charge in [0.2, 0.25) is 11.8 Å². The Labute approximate surface area is 177 Å². The standard InChI is InChI=1S/C22H31N3O5/c1-15(2)13-29-19-8-6-5-7-17(19)24-20(26)12-25-10-9-23-22(28)18(25)11-21(27)30-14-16(3)4/h5-8,16,18H,1,9-14H2,2-4H3,(H,23,28)(H,24,26). The molecule has 1 saturated heterocycles. The van der Waals surface area contributed by atoms with Crippen molar-refractivity contribution in [2.24, 2.45) is 5.92 Å². The lowest BCUT2D eigenvalue weighted by Crippen LogP contribution is -2.57. The van der Waals surface area contributed by atoms with Crippen LogP contribution in [0.4, 0.5) is 5.69 Å². The van der Waals surface area contributed by atoms with Gasteiger partial charge in [0.05, 0.1) is 25.3 Å². The Morgan fingerprint density at radius 3 is 2.77 bits per heavy atom. The number of esters is 1. The monoisotopic (exact) mass is 417 g/mol. The van der Waals surface area contributed by atoms with Crippen LogP contribution in [0.3, 0.4) is 0 Å². The first-order valence-electron chi connectivity index (χ1n) is 10.1. The molecule has 0 spiro atoms. The summed E-state index contributed by atoms with van der Waals surface area (Å²) in [5, 5.41) is 5.57. The number of ether oxygens (including phenoxy) is 2. The lowest BCUT2D eigenvalue weighted by atomic mass is 10.1. The molecule has 1 unspecified atom stereocenters. The number of carbonyl (C=O) groups excluding carboxylic acids is 3. The topological polar surface area (TPSA) is 97.0 Å². The smallest absolute Gasteiger partial charge is 0.307 e. The molecular weight excluding hydrogens is 386 g/mol. The molecule has 1 aliphatic rings. The third kappa shape index (κ3) is 7.51. The molecule has 2 N–H and O–H groups in total. The minimum atomic E-state index is -0.737. The van der Waals surface area contributed by atoms with Gasteiger partial charge in [0, 0.05) is 13.1 Å². The van der Waals surface area contributed by atoms with Gasteiger partial charge < -0.3 is 20.1 Å². The van der Waals surface area contributed by atoms with Crippen molar-refractivity contribution in [3.8, 4) is 5.75 Å². The molecule has 8 heteroatoms. The van der Waals surface area contributed by atoms with Gasteiger partial charge in [0.1, 0.15) is 18.4 Å². The number of piperazine rings is 1. The number of carbonyl (C=O) groups is 3. The van der Waals surface area contributed by atoms with Crippen molar-refractivity contribution >= 4 is 23.5 Å². The molecule has 2 amide bonds. The summed E-state index contributed by atoms with van der Waals surface area (Å²) < 4.78 is 10.9. The highest BCUT2D eigenvalue weighted by molar-refractivity contribution is 5.94. The number of hydrogen-bond acceptors (Lipinski definition) is 6. The molecular formula is C22H31N3O5. The fourth-order valence-corrected chi connectivity index (χ4v) is 2.92. The molecule has 1 aromatic carbocycles. The third-order valence-corrected chi connectivity index (χ3v) is 4.36. The van der Waals surface area contributed by atoms with Gasteiger partial charge in [-0.2, -0.15) is 0 Å². The molecule has 1 heterocycles. The molecule has 1 fully saturated rings. The summed E-state index contributed by atoms with van der Waals surface area (Å²) in [6.07, 6.45) is -0.0931. The minimum Gasteiger partial charge on any atom is -0.487 e. The molecule has 2 rings (SSSR count). The number of anilines is 1. The number of rotatable bonds is 10. The second-order valence-corrected chi connectivity index (χ2v) is 7.85. The van der Waals surface area contributed by atoms with Gasteiger partial charge in [0.25, 0.3) is 0 Å². The molecule has 1 aromatic rings. The SMILES string of the molecule is C=C(C)COc1ccccc1NC(=O)CN1CCNC(=O)C1CC(=O)OCC(C)C. The molecule has 164 valence electrons. The maximum atomic E-state index is 12.7. The Kier molecular flexibility index (Phi) is 8.86. The lowest BCUT2D eigenvalue weighted by molar-refractivity contribution is -0.149. The molecule has 1 aliphatic heterocycles. The van der Waals surface area contributed by atoms with Crippen LogP contribution < -0.4 is 15.4 Å². The van der Waals surface area contributed by atoms with Crippen LogP contribution in [0.25, 0.3) is 0 Å². The van der Waals surface area contributed by atoms with Crippen molar-refractivity contribution < 1.29 is 23.9 Å². The van der Waals surface area contributed by atoms with Crippen LogP contribution in [0.2, 0.25) is 0 Å². The zero-order valence-corrected chi connectivity index (χ0v) is 17.9. The largest absolute Gasteiger partial charge is 0.487 e. The maximum absolute atomic E-state index is 12.7. The van der Waals surface area contributed by atoms with Crippen molar-refractivity contribution in [1.29, 1.82) is 0 Å². The summed E-state index contributed by atoms with van der Waals surface area (Å²) in [4.78, 5) is 38.7. The first kappa shape index (κ1) is 23.4. The molecule has 30 heavy (non-hydrogen) atoms. The van der Waals surface area contributed by atoms with Gasteiger partial charge in [-0.05, 0) is 30.5 Å². The molecule has 8 nitrogen and oxygen atoms in total. The van der Waals surface area contributed by atoms with E-state index in [1.54, 1.807) is 23.1 Å². The molecule has 0 radical (unpaired) electrons. The van der Waals surface area contributed by atoms with Crippen LogP contribution >= 0.6 is 0 Å². The van der Waals surface area contributed by atoms with E-state index in [0.29, 0.717) is 37.7 Å². The molecule has 0 saturated carbocycles. The number of benzene rings is 1. The Morgan fingerprint density at radius 1 is 1.33 bits per heavy atom. The summed E-state index contributed by atoms with van der Waals surface area (Å²) in [5.41, 5.74) is 1.40. The van der Waals surface area contributed by atoms with Crippen molar-refractivity contribution in [3.05, 3.63) is 36.4 Å². The number of nitrogens with zero attached hydrogens (tertiary/aromatic N) is 1. The minimum absolute atomic E-state index is 0.0234. The van der Waals surface area contributed by atoms with Crippen LogP contribution in [-0.4, -0.2) is 61.6 Å². The van der Waals surface area contributed by atoms with Gasteiger partial charge in [-0.1, -0.05) is 32.6 Å². The van der Waals surface area contributed by atoms with Crippen LogP contribution in [-0.2, 0) is 19.1 Å². The number of nitrogens with one attached hydrogen (secondary N) is 2. The van der Waals surface area contributed by atoms with E-state index in [0.717, 1.165) is 5.57 Å². The molecule has 0 aliphatic carbocycles. The fraction of sp³-hybridized carbons (Fsp3) is 0.500. The highest BCUT2D eigenvalue weighted by Gasteiger charge is 2.33. The predicted octanol–water partition coefficient (Wildman–Crippen LogP) is 1.97. The Morgan fingerprint density at radius 2 is 2.07 bits per heavy atom. The fourth-order valence-electron chi connectivity index (χ4n) is 2.92. The summed E-state index contributed by atoms with van der Waals surface area (Å²) in [7, 11) is 0.